The zero-order valence-corrected chi connectivity index (χ0v) is 13.1. The van der Waals surface area contributed by atoms with Crippen molar-refractivity contribution in [3.05, 3.63) is 41.9 Å². The van der Waals surface area contributed by atoms with E-state index >= 15 is 0 Å². The Hall–Kier alpha value is -1.65. The fourth-order valence-electron chi connectivity index (χ4n) is 2.47. The van der Waals surface area contributed by atoms with E-state index in [2.05, 4.69) is 41.2 Å². The van der Waals surface area contributed by atoms with Crippen LogP contribution < -0.4 is 5.73 Å². The predicted octanol–water partition coefficient (Wildman–Crippen LogP) is 3.24. The molecule has 0 fully saturated rings. The normalized spacial score (nSPS) is 14.1. The first-order chi connectivity index (χ1) is 10.1. The molecule has 0 saturated heterocycles. The fourth-order valence-corrected chi connectivity index (χ4v) is 2.47. The Bertz CT molecular complexity index is 558. The largest absolute Gasteiger partial charge is 0.384 e. The maximum Gasteiger partial charge on any atom is 0.126 e. The van der Waals surface area contributed by atoms with E-state index in [1.807, 2.05) is 13.1 Å². The number of methoxy groups -OCH3 is 1. The van der Waals surface area contributed by atoms with Crippen LogP contribution in [-0.2, 0) is 16.7 Å². The molecule has 1 aromatic heterocycles. The van der Waals surface area contributed by atoms with Gasteiger partial charge in [-0.25, -0.2) is 4.98 Å². The third kappa shape index (κ3) is 3.93. The van der Waals surface area contributed by atoms with Gasteiger partial charge in [0.25, 0.3) is 0 Å². The molecule has 1 aromatic carbocycles. The van der Waals surface area contributed by atoms with E-state index in [-0.39, 0.29) is 0 Å². The minimum atomic E-state index is -0.397. The topological polar surface area (TPSA) is 63.9 Å². The van der Waals surface area contributed by atoms with E-state index in [9.17, 15) is 0 Å². The third-order valence-electron chi connectivity index (χ3n) is 3.75. The molecule has 0 bridgehead atoms. The maximum absolute atomic E-state index is 6.31. The molecule has 0 saturated carbocycles. The lowest BCUT2D eigenvalue weighted by molar-refractivity contribution is 0.202. The van der Waals surface area contributed by atoms with Crippen LogP contribution in [0.25, 0.3) is 11.3 Å². The van der Waals surface area contributed by atoms with Gasteiger partial charge in [-0.15, -0.1) is 0 Å². The van der Waals surface area contributed by atoms with Crippen LogP contribution in [-0.4, -0.2) is 23.7 Å². The lowest BCUT2D eigenvalue weighted by atomic mass is 9.97. The first-order valence-electron chi connectivity index (χ1n) is 7.49. The van der Waals surface area contributed by atoms with Crippen LogP contribution in [0.3, 0.4) is 0 Å². The van der Waals surface area contributed by atoms with Gasteiger partial charge in [-0.2, -0.15) is 0 Å². The quantitative estimate of drug-likeness (QED) is 0.821. The van der Waals surface area contributed by atoms with Crippen LogP contribution in [0, 0.1) is 0 Å². The zero-order chi connectivity index (χ0) is 15.3. The number of hydrogen-bond donors (Lipinski definition) is 2. The van der Waals surface area contributed by atoms with Crippen molar-refractivity contribution in [3.63, 3.8) is 0 Å². The number of rotatable bonds is 7. The summed E-state index contributed by atoms with van der Waals surface area (Å²) in [4.78, 5) is 7.81. The Morgan fingerprint density at radius 2 is 2.00 bits per heavy atom. The number of imidazole rings is 1. The fraction of sp³-hybridized carbons (Fsp3) is 0.471. The number of aromatic amines is 1. The average molecular weight is 287 g/mol. The maximum atomic E-state index is 6.31. The molecule has 1 atom stereocenters. The van der Waals surface area contributed by atoms with Crippen molar-refractivity contribution >= 4 is 0 Å². The van der Waals surface area contributed by atoms with E-state index < -0.39 is 5.54 Å². The van der Waals surface area contributed by atoms with Crippen molar-refractivity contribution in [3.8, 4) is 11.3 Å². The number of nitrogens with zero attached hydrogens (tertiary/aromatic N) is 1. The SMILES string of the molecule is CCCC(C)(N)c1ncc(-c2ccc(CCOC)cc2)[nH]1. The summed E-state index contributed by atoms with van der Waals surface area (Å²) < 4.78 is 5.09. The molecule has 21 heavy (non-hydrogen) atoms. The standard InChI is InChI=1S/C17H25N3O/c1-4-10-17(2,18)16-19-12-15(20-16)14-7-5-13(6-8-14)9-11-21-3/h5-8,12H,4,9-11,18H2,1-3H3,(H,19,20). The first-order valence-corrected chi connectivity index (χ1v) is 7.49. The molecule has 0 aliphatic heterocycles. The highest BCUT2D eigenvalue weighted by atomic mass is 16.5. The van der Waals surface area contributed by atoms with Gasteiger partial charge in [-0.3, -0.25) is 0 Å². The molecule has 0 amide bonds. The summed E-state index contributed by atoms with van der Waals surface area (Å²) in [5.41, 5.74) is 9.32. The van der Waals surface area contributed by atoms with Crippen molar-refractivity contribution in [1.82, 2.24) is 9.97 Å². The van der Waals surface area contributed by atoms with E-state index in [0.717, 1.165) is 43.0 Å². The van der Waals surface area contributed by atoms with E-state index in [1.54, 1.807) is 7.11 Å². The number of nitrogens with two attached hydrogens (primary N) is 1. The second kappa shape index (κ2) is 6.87. The van der Waals surface area contributed by atoms with Crippen molar-refractivity contribution < 1.29 is 4.74 Å². The predicted molar refractivity (Wildman–Crippen MR) is 86.1 cm³/mol. The monoisotopic (exact) mass is 287 g/mol. The molecule has 1 unspecified atom stereocenters. The molecule has 2 aromatic rings. The zero-order valence-electron chi connectivity index (χ0n) is 13.1. The first kappa shape index (κ1) is 15.7. The molecule has 0 aliphatic rings. The third-order valence-corrected chi connectivity index (χ3v) is 3.75. The molecular weight excluding hydrogens is 262 g/mol. The van der Waals surface area contributed by atoms with Gasteiger partial charge in [-0.05, 0) is 30.9 Å². The highest BCUT2D eigenvalue weighted by molar-refractivity contribution is 5.59. The van der Waals surface area contributed by atoms with Gasteiger partial charge in [0.2, 0.25) is 0 Å². The van der Waals surface area contributed by atoms with E-state index in [1.165, 1.54) is 5.56 Å². The highest BCUT2D eigenvalue weighted by Crippen LogP contribution is 2.24. The number of H-pyrrole nitrogens is 1. The summed E-state index contributed by atoms with van der Waals surface area (Å²) in [6, 6.07) is 8.47. The molecule has 0 radical (unpaired) electrons. The van der Waals surface area contributed by atoms with Crippen LogP contribution in [0.1, 0.15) is 38.1 Å². The number of aromatic nitrogens is 2. The summed E-state index contributed by atoms with van der Waals surface area (Å²) in [5, 5.41) is 0. The molecule has 114 valence electrons. The summed E-state index contributed by atoms with van der Waals surface area (Å²) in [6.45, 7) is 4.90. The summed E-state index contributed by atoms with van der Waals surface area (Å²) in [6.07, 6.45) is 4.75. The number of ether oxygens (including phenoxy) is 1. The highest BCUT2D eigenvalue weighted by Gasteiger charge is 2.23. The van der Waals surface area contributed by atoms with Gasteiger partial charge in [0, 0.05) is 7.11 Å². The molecule has 1 heterocycles. The molecule has 4 nitrogen and oxygen atoms in total. The van der Waals surface area contributed by atoms with Crippen LogP contribution in [0.15, 0.2) is 30.5 Å². The van der Waals surface area contributed by atoms with Gasteiger partial charge in [-0.1, -0.05) is 37.6 Å². The summed E-state index contributed by atoms with van der Waals surface area (Å²) in [7, 11) is 1.72. The number of hydrogen-bond acceptors (Lipinski definition) is 3. The van der Waals surface area contributed by atoms with Crippen molar-refractivity contribution in [2.45, 2.75) is 38.6 Å². The van der Waals surface area contributed by atoms with Crippen LogP contribution >= 0.6 is 0 Å². The van der Waals surface area contributed by atoms with Gasteiger partial charge >= 0.3 is 0 Å². The minimum Gasteiger partial charge on any atom is -0.384 e. The smallest absolute Gasteiger partial charge is 0.126 e. The van der Waals surface area contributed by atoms with Crippen LogP contribution in [0.4, 0.5) is 0 Å². The minimum absolute atomic E-state index is 0.397. The second-order valence-corrected chi connectivity index (χ2v) is 5.75. The lowest BCUT2D eigenvalue weighted by Gasteiger charge is -2.21. The molecule has 3 N–H and O–H groups in total. The molecule has 2 rings (SSSR count). The van der Waals surface area contributed by atoms with Crippen LogP contribution in [0.2, 0.25) is 0 Å². The van der Waals surface area contributed by atoms with Crippen molar-refractivity contribution in [2.24, 2.45) is 5.73 Å². The summed E-state index contributed by atoms with van der Waals surface area (Å²) in [5.74, 6) is 0.850. The summed E-state index contributed by atoms with van der Waals surface area (Å²) >= 11 is 0. The van der Waals surface area contributed by atoms with Gasteiger partial charge in [0.15, 0.2) is 0 Å². The number of benzene rings is 1. The second-order valence-electron chi connectivity index (χ2n) is 5.75. The Kier molecular flexibility index (Phi) is 5.15. The van der Waals surface area contributed by atoms with Crippen molar-refractivity contribution in [2.75, 3.05) is 13.7 Å². The van der Waals surface area contributed by atoms with Gasteiger partial charge in [0.1, 0.15) is 5.82 Å². The Morgan fingerprint density at radius 1 is 1.29 bits per heavy atom. The molecular formula is C17H25N3O. The molecule has 4 heteroatoms. The lowest BCUT2D eigenvalue weighted by Crippen LogP contribution is -2.34. The van der Waals surface area contributed by atoms with Crippen LogP contribution in [0.5, 0.6) is 0 Å². The Labute approximate surface area is 126 Å². The Balaban J connectivity index is 2.14. The molecule has 0 spiro atoms. The van der Waals surface area contributed by atoms with Gasteiger partial charge in [0.05, 0.1) is 24.0 Å². The van der Waals surface area contributed by atoms with E-state index in [0.29, 0.717) is 0 Å². The Morgan fingerprint density at radius 3 is 2.62 bits per heavy atom. The van der Waals surface area contributed by atoms with Crippen molar-refractivity contribution in [1.29, 1.82) is 0 Å². The number of nitrogens with one attached hydrogen (secondary N) is 1. The average Bonchev–Trinajstić information content (AvgIpc) is 2.96. The van der Waals surface area contributed by atoms with E-state index in [4.69, 9.17) is 10.5 Å². The van der Waals surface area contributed by atoms with Gasteiger partial charge < -0.3 is 15.5 Å². The molecule has 0 aliphatic carbocycles.